The Balaban J connectivity index is 0.000000980. The van der Waals surface area contributed by atoms with E-state index in [1.165, 1.54) is 26.7 Å². The molecule has 2 aliphatic heterocycles. The highest BCUT2D eigenvalue weighted by Gasteiger charge is 2.74. The summed E-state index contributed by atoms with van der Waals surface area (Å²) in [6.07, 6.45) is 0. The molecule has 4 atom stereocenters. The Morgan fingerprint density at radius 3 is 2.04 bits per heavy atom. The van der Waals surface area contributed by atoms with Gasteiger partial charge in [-0.25, -0.2) is 4.79 Å². The number of ether oxygens (including phenoxy) is 4. The Morgan fingerprint density at radius 1 is 1.00 bits per heavy atom. The predicted molar refractivity (Wildman–Crippen MR) is 197 cm³/mol. The summed E-state index contributed by atoms with van der Waals surface area (Å²) in [5.74, 6) is -6.03. The Hall–Kier alpha value is -3.45. The summed E-state index contributed by atoms with van der Waals surface area (Å²) >= 11 is 13.6. The summed E-state index contributed by atoms with van der Waals surface area (Å²) < 4.78 is 55.3. The number of thioether (sulfide) groups is 1. The molecular weight excluding hydrogens is 777 g/mol. The van der Waals surface area contributed by atoms with Crippen LogP contribution in [0.5, 0.6) is 11.5 Å². The van der Waals surface area contributed by atoms with Crippen molar-refractivity contribution < 1.29 is 55.9 Å². The van der Waals surface area contributed by atoms with Gasteiger partial charge in [0, 0.05) is 26.5 Å². The number of methoxy groups -OCH3 is 1. The summed E-state index contributed by atoms with van der Waals surface area (Å²) in [5.41, 5.74) is -1.88. The number of fused-ring (bicyclic) bond motifs is 1. The second-order valence-corrected chi connectivity index (χ2v) is 16.2. The minimum Gasteiger partial charge on any atom is -0.457 e. The molecule has 2 fully saturated rings. The van der Waals surface area contributed by atoms with Gasteiger partial charge in [0.2, 0.25) is 5.91 Å². The Kier molecular flexibility index (Phi) is 14.8. The van der Waals surface area contributed by atoms with Crippen LogP contribution in [-0.2, 0) is 50.2 Å². The lowest BCUT2D eigenvalue weighted by atomic mass is 9.91. The SMILES string of the molecule is CCN(CC)CC.CO[C@@]1(C(=O)OCc2ccccc2)N2C(=O)[C@H](NC(=O)C(c3cc(OC(C)=O)c(OC(C)=O)c(Cl)c3Cl)S(=O)(=O)O)[C@H]2SC1(C)C. The van der Waals surface area contributed by atoms with Crippen LogP contribution in [0.2, 0.25) is 10.0 Å². The lowest BCUT2D eigenvalue weighted by Crippen LogP contribution is -2.76. The molecular formula is C34H43Cl2N3O12S2. The van der Waals surface area contributed by atoms with Crippen LogP contribution >= 0.6 is 35.0 Å². The van der Waals surface area contributed by atoms with E-state index in [-0.39, 0.29) is 6.61 Å². The number of esters is 3. The van der Waals surface area contributed by atoms with E-state index >= 15 is 0 Å². The molecule has 53 heavy (non-hydrogen) atoms. The number of nitrogens with one attached hydrogen (secondary N) is 1. The van der Waals surface area contributed by atoms with E-state index in [1.54, 1.807) is 44.2 Å². The van der Waals surface area contributed by atoms with Gasteiger partial charge < -0.3 is 29.2 Å². The highest BCUT2D eigenvalue weighted by Crippen LogP contribution is 2.57. The topological polar surface area (TPSA) is 195 Å². The summed E-state index contributed by atoms with van der Waals surface area (Å²) in [7, 11) is -4.11. The maximum absolute atomic E-state index is 13.5. The van der Waals surface area contributed by atoms with E-state index in [0.717, 1.165) is 36.6 Å². The standard InChI is InChI=1S/C28H28Cl2N2O12S2.C6H15N/c1-13(33)43-17-11-16(18(29)19(30)21(17)44-14(2)34)22(46(38,39)40)23(35)31-20-24(36)32-25(20)45-27(3,4)28(32,41-5)26(37)42-12-15-9-7-6-8-10-15;1-4-7(5-2)6-3/h6-11,20,22,25H,12H2,1-5H3,(H,31,35)(H,38,39,40);4-6H2,1-3H3/t20-,22?,25+,28+;/m0./s1. The first-order valence-electron chi connectivity index (χ1n) is 16.4. The normalized spacial score (nSPS) is 20.7. The number of nitrogens with zero attached hydrogens (tertiary/aromatic N) is 2. The summed E-state index contributed by atoms with van der Waals surface area (Å²) in [5, 5.41) is -2.37. The van der Waals surface area contributed by atoms with Gasteiger partial charge in [-0.15, -0.1) is 11.8 Å². The number of hydrogen-bond donors (Lipinski definition) is 2. The zero-order valence-electron chi connectivity index (χ0n) is 30.4. The molecule has 0 saturated carbocycles. The summed E-state index contributed by atoms with van der Waals surface area (Å²) in [6.45, 7) is 15.3. The molecule has 292 valence electrons. The second-order valence-electron chi connectivity index (χ2n) is 12.2. The van der Waals surface area contributed by atoms with Crippen molar-refractivity contribution in [2.75, 3.05) is 26.7 Å². The monoisotopic (exact) mass is 819 g/mol. The first-order chi connectivity index (χ1) is 24.7. The largest absolute Gasteiger partial charge is 0.457 e. The first-order valence-corrected chi connectivity index (χ1v) is 19.5. The molecule has 19 heteroatoms. The van der Waals surface area contributed by atoms with Crippen LogP contribution < -0.4 is 14.8 Å². The van der Waals surface area contributed by atoms with Crippen LogP contribution in [0.15, 0.2) is 36.4 Å². The average Bonchev–Trinajstić information content (AvgIpc) is 3.31. The van der Waals surface area contributed by atoms with Gasteiger partial charge in [-0.2, -0.15) is 8.42 Å². The van der Waals surface area contributed by atoms with Crippen molar-refractivity contribution in [2.45, 2.75) is 82.2 Å². The van der Waals surface area contributed by atoms with E-state index < -0.39 is 94.1 Å². The van der Waals surface area contributed by atoms with Crippen molar-refractivity contribution >= 4 is 74.8 Å². The van der Waals surface area contributed by atoms with E-state index in [0.29, 0.717) is 5.56 Å². The molecule has 2 saturated heterocycles. The molecule has 2 N–H and O–H groups in total. The number of hydrogen-bond acceptors (Lipinski definition) is 13. The van der Waals surface area contributed by atoms with Crippen LogP contribution in [-0.4, -0.2) is 101 Å². The molecule has 4 rings (SSSR count). The number of rotatable bonds is 13. The lowest BCUT2D eigenvalue weighted by Gasteiger charge is -2.49. The van der Waals surface area contributed by atoms with Crippen LogP contribution in [0, 0.1) is 0 Å². The predicted octanol–water partition coefficient (Wildman–Crippen LogP) is 4.39. The number of benzene rings is 2. The van der Waals surface area contributed by atoms with Gasteiger partial charge >= 0.3 is 17.9 Å². The fourth-order valence-corrected chi connectivity index (χ4v) is 9.03. The molecule has 2 aromatic rings. The molecule has 0 bridgehead atoms. The quantitative estimate of drug-likeness (QED) is 0.125. The van der Waals surface area contributed by atoms with Crippen molar-refractivity contribution in [1.82, 2.24) is 15.1 Å². The highest BCUT2D eigenvalue weighted by atomic mass is 35.5. The number of halogens is 2. The fraction of sp³-hybridized carbons (Fsp3) is 0.500. The zero-order valence-corrected chi connectivity index (χ0v) is 33.6. The van der Waals surface area contributed by atoms with Crippen LogP contribution in [0.25, 0.3) is 0 Å². The van der Waals surface area contributed by atoms with Gasteiger partial charge in [0.1, 0.15) is 23.0 Å². The molecule has 0 aromatic heterocycles. The summed E-state index contributed by atoms with van der Waals surface area (Å²) in [6, 6.07) is 8.21. The molecule has 2 aliphatic rings. The number of β-lactam (4-membered cyclic amide) rings is 1. The third-order valence-electron chi connectivity index (χ3n) is 8.51. The van der Waals surface area contributed by atoms with Crippen molar-refractivity contribution in [2.24, 2.45) is 0 Å². The number of carbonyl (C=O) groups is 5. The molecule has 15 nitrogen and oxygen atoms in total. The molecule has 2 amide bonds. The maximum Gasteiger partial charge on any atom is 0.361 e. The van der Waals surface area contributed by atoms with Crippen molar-refractivity contribution in [1.29, 1.82) is 0 Å². The minimum absolute atomic E-state index is 0.108. The third-order valence-corrected chi connectivity index (χ3v) is 12.0. The number of amides is 2. The lowest BCUT2D eigenvalue weighted by molar-refractivity contribution is -0.216. The van der Waals surface area contributed by atoms with Gasteiger partial charge in [0.05, 0.1) is 9.77 Å². The van der Waals surface area contributed by atoms with Gasteiger partial charge in [-0.1, -0.05) is 74.3 Å². The average molecular weight is 821 g/mol. The van der Waals surface area contributed by atoms with Crippen molar-refractivity contribution in [3.63, 3.8) is 0 Å². The maximum atomic E-state index is 13.5. The Bertz CT molecular complexity index is 1820. The van der Waals surface area contributed by atoms with E-state index in [1.807, 2.05) is 0 Å². The first kappa shape index (κ1) is 44.0. The second kappa shape index (κ2) is 17.8. The molecule has 2 heterocycles. The Labute approximate surface area is 322 Å². The third kappa shape index (κ3) is 9.27. The van der Waals surface area contributed by atoms with Gasteiger partial charge in [-0.05, 0) is 45.1 Å². The van der Waals surface area contributed by atoms with Crippen molar-refractivity contribution in [3.8, 4) is 11.5 Å². The van der Waals surface area contributed by atoms with Gasteiger partial charge in [0.15, 0.2) is 16.7 Å². The van der Waals surface area contributed by atoms with Crippen LogP contribution in [0.4, 0.5) is 0 Å². The van der Waals surface area contributed by atoms with Gasteiger partial charge in [-0.3, -0.25) is 28.6 Å². The number of carbonyl (C=O) groups excluding carboxylic acids is 5. The van der Waals surface area contributed by atoms with Gasteiger partial charge in [0.25, 0.3) is 21.8 Å². The van der Waals surface area contributed by atoms with Crippen LogP contribution in [0.1, 0.15) is 64.8 Å². The van der Waals surface area contributed by atoms with E-state index in [9.17, 15) is 36.9 Å². The molecule has 1 unspecified atom stereocenters. The smallest absolute Gasteiger partial charge is 0.361 e. The molecule has 0 spiro atoms. The van der Waals surface area contributed by atoms with E-state index in [2.05, 4.69) is 31.0 Å². The zero-order chi connectivity index (χ0) is 40.1. The minimum atomic E-state index is -5.34. The molecule has 2 aromatic carbocycles. The van der Waals surface area contributed by atoms with E-state index in [4.69, 9.17) is 42.1 Å². The van der Waals surface area contributed by atoms with Crippen molar-refractivity contribution in [3.05, 3.63) is 57.6 Å². The Morgan fingerprint density at radius 2 is 1.57 bits per heavy atom. The van der Waals surface area contributed by atoms with Crippen LogP contribution in [0.3, 0.4) is 0 Å². The summed E-state index contributed by atoms with van der Waals surface area (Å²) in [4.78, 5) is 67.3. The molecule has 0 radical (unpaired) electrons. The fourth-order valence-electron chi connectivity index (χ4n) is 5.92. The highest BCUT2D eigenvalue weighted by molar-refractivity contribution is 8.01. The molecule has 0 aliphatic carbocycles.